The van der Waals surface area contributed by atoms with E-state index in [4.69, 9.17) is 37.9 Å². The number of hydrogen-bond acceptors (Lipinski definition) is 16. The van der Waals surface area contributed by atoms with Crippen LogP contribution >= 0.6 is 0 Å². The number of rotatable bonds is 26. The lowest BCUT2D eigenvalue weighted by Gasteiger charge is -2.09. The van der Waals surface area contributed by atoms with Gasteiger partial charge in [0.1, 0.15) is 23.0 Å². The average Bonchev–Trinajstić information content (AvgIpc) is 3.54. The molecule has 0 saturated heterocycles. The minimum absolute atomic E-state index is 0.0395. The molecule has 1 heterocycles. The number of benzene rings is 4. The van der Waals surface area contributed by atoms with Crippen molar-refractivity contribution >= 4 is 35.8 Å². The molecule has 2 N–H and O–H groups in total. The van der Waals surface area contributed by atoms with Crippen LogP contribution in [0.2, 0.25) is 0 Å². The summed E-state index contributed by atoms with van der Waals surface area (Å²) in [5.74, 6) is -5.46. The highest BCUT2D eigenvalue weighted by Crippen LogP contribution is 2.47. The fraction of sp³-hybridized carbons (Fsp3) is 0.283. The maximum atomic E-state index is 13.2. The van der Waals surface area contributed by atoms with Gasteiger partial charge in [-0.25, -0.2) is 28.8 Å². The van der Waals surface area contributed by atoms with Crippen molar-refractivity contribution in [3.8, 4) is 46.3 Å². The molecule has 0 radical (unpaired) electrons. The summed E-state index contributed by atoms with van der Waals surface area (Å²) in [6.07, 6.45) is 6.62. The molecule has 0 bridgehead atoms. The van der Waals surface area contributed by atoms with Gasteiger partial charge in [-0.15, -0.1) is 0 Å². The molecule has 368 valence electrons. The molecule has 17 nitrogen and oxygen atoms in total. The molecular weight excluding hydrogens is 907 g/mol. The van der Waals surface area contributed by atoms with E-state index >= 15 is 0 Å². The predicted molar refractivity (Wildman–Crippen MR) is 254 cm³/mol. The Balaban J connectivity index is 1.05. The van der Waals surface area contributed by atoms with E-state index in [-0.39, 0.29) is 33.8 Å². The standard InChI is InChI=1S/C53H55NO16/c1-34(2)48(57)65-32-12-8-6-10-30-63-40-22-14-36(15-23-40)50(59)67-42-26-18-38(19-27-42)52(61)69-44-45(47(56)54(5)46(44)55)70-53(62)39-20-28-43(29-21-39)68-51(60)37-16-24-41(25-17-37)64-31-11-7-9-13-33-66-49(58)35(3)4/h14-29,55-56H,1,3,6-13,30-33H2,2,4-5H3. The van der Waals surface area contributed by atoms with Crippen molar-refractivity contribution in [2.45, 2.75) is 65.2 Å². The van der Waals surface area contributed by atoms with Crippen LogP contribution in [0.25, 0.3) is 0 Å². The molecule has 0 aliphatic carbocycles. The van der Waals surface area contributed by atoms with E-state index in [9.17, 15) is 39.0 Å². The van der Waals surface area contributed by atoms with Gasteiger partial charge in [0.05, 0.1) is 48.7 Å². The Labute approximate surface area is 404 Å². The molecule has 0 amide bonds. The van der Waals surface area contributed by atoms with Crippen LogP contribution in [0.1, 0.15) is 107 Å². The zero-order valence-corrected chi connectivity index (χ0v) is 39.2. The normalized spacial score (nSPS) is 10.6. The summed E-state index contributed by atoms with van der Waals surface area (Å²) in [7, 11) is 1.24. The van der Waals surface area contributed by atoms with Crippen molar-refractivity contribution in [1.82, 2.24) is 4.57 Å². The van der Waals surface area contributed by atoms with Crippen LogP contribution in [0, 0.1) is 0 Å². The number of aromatic hydroxyl groups is 2. The highest BCUT2D eigenvalue weighted by molar-refractivity contribution is 5.95. The number of hydrogen-bond donors (Lipinski definition) is 2. The zero-order chi connectivity index (χ0) is 50.6. The van der Waals surface area contributed by atoms with Gasteiger partial charge < -0.3 is 48.1 Å². The topological polar surface area (TPSA) is 222 Å². The van der Waals surface area contributed by atoms with Crippen molar-refractivity contribution in [3.05, 3.63) is 144 Å². The molecule has 0 spiro atoms. The third kappa shape index (κ3) is 15.9. The molecule has 0 unspecified atom stereocenters. The number of aromatic nitrogens is 1. The monoisotopic (exact) mass is 961 g/mol. The Hall–Kier alpha value is -8.34. The Morgan fingerprint density at radius 2 is 0.686 bits per heavy atom. The van der Waals surface area contributed by atoms with Crippen molar-refractivity contribution in [2.24, 2.45) is 7.05 Å². The first-order valence-corrected chi connectivity index (χ1v) is 22.4. The number of carbonyl (C=O) groups excluding carboxylic acids is 6. The number of ether oxygens (including phenoxy) is 8. The van der Waals surface area contributed by atoms with Gasteiger partial charge in [0.2, 0.25) is 23.3 Å². The number of esters is 6. The third-order valence-corrected chi connectivity index (χ3v) is 10.2. The largest absolute Gasteiger partial charge is 0.494 e. The second-order valence-corrected chi connectivity index (χ2v) is 15.9. The fourth-order valence-electron chi connectivity index (χ4n) is 6.19. The second kappa shape index (κ2) is 26.3. The first-order chi connectivity index (χ1) is 33.6. The maximum absolute atomic E-state index is 13.2. The molecule has 70 heavy (non-hydrogen) atoms. The van der Waals surface area contributed by atoms with E-state index in [0.29, 0.717) is 49.1 Å². The van der Waals surface area contributed by atoms with Gasteiger partial charge in [-0.1, -0.05) is 13.2 Å². The summed E-state index contributed by atoms with van der Waals surface area (Å²) in [6, 6.07) is 23.5. The minimum Gasteiger partial charge on any atom is -0.494 e. The maximum Gasteiger partial charge on any atom is 0.343 e. The SMILES string of the molecule is C=C(C)C(=O)OCCCCCCOc1ccc(C(=O)Oc2ccc(C(=O)Oc3c(OC(=O)c4ccc(OC(=O)c5ccc(OCCCCCCOC(=O)C(=C)C)cc5)cc4)c(O)n(C)c3O)cc2)cc1. The molecule has 17 heteroatoms. The fourth-order valence-corrected chi connectivity index (χ4v) is 6.19. The van der Waals surface area contributed by atoms with Crippen LogP contribution in [0.15, 0.2) is 121 Å². The van der Waals surface area contributed by atoms with Crippen LogP contribution in [-0.4, -0.2) is 77.0 Å². The Bertz CT molecular complexity index is 2450. The van der Waals surface area contributed by atoms with E-state index in [1.807, 2.05) is 0 Å². The van der Waals surface area contributed by atoms with Crippen molar-refractivity contribution in [3.63, 3.8) is 0 Å². The van der Waals surface area contributed by atoms with Crippen molar-refractivity contribution in [1.29, 1.82) is 0 Å². The number of unbranched alkanes of at least 4 members (excludes halogenated alkanes) is 6. The molecule has 1 aromatic heterocycles. The molecule has 0 aliphatic rings. The second-order valence-electron chi connectivity index (χ2n) is 15.9. The van der Waals surface area contributed by atoms with Crippen LogP contribution in [0.5, 0.6) is 46.3 Å². The summed E-state index contributed by atoms with van der Waals surface area (Å²) in [6.45, 7) is 11.9. The summed E-state index contributed by atoms with van der Waals surface area (Å²) >= 11 is 0. The summed E-state index contributed by atoms with van der Waals surface area (Å²) in [4.78, 5) is 74.8. The van der Waals surface area contributed by atoms with Crippen LogP contribution in [0.3, 0.4) is 0 Å². The molecule has 0 aliphatic heterocycles. The van der Waals surface area contributed by atoms with Gasteiger partial charge in [-0.2, -0.15) is 0 Å². The van der Waals surface area contributed by atoms with Crippen LogP contribution in [-0.2, 0) is 26.1 Å². The Kier molecular flexibility index (Phi) is 19.7. The highest BCUT2D eigenvalue weighted by atomic mass is 16.6. The molecular formula is C53H55NO16. The molecule has 5 aromatic rings. The van der Waals surface area contributed by atoms with Crippen LogP contribution in [0.4, 0.5) is 0 Å². The minimum atomic E-state index is -1.01. The molecule has 4 aromatic carbocycles. The van der Waals surface area contributed by atoms with Gasteiger partial charge in [0.15, 0.2) is 0 Å². The highest BCUT2D eigenvalue weighted by Gasteiger charge is 2.29. The van der Waals surface area contributed by atoms with Gasteiger partial charge >= 0.3 is 35.8 Å². The number of nitrogens with zero attached hydrogens (tertiary/aromatic N) is 1. The van der Waals surface area contributed by atoms with Crippen LogP contribution < -0.4 is 28.4 Å². The van der Waals surface area contributed by atoms with Crippen molar-refractivity contribution < 1.29 is 76.9 Å². The van der Waals surface area contributed by atoms with Gasteiger partial charge in [0, 0.05) is 18.2 Å². The van der Waals surface area contributed by atoms with Gasteiger partial charge in [0.25, 0.3) is 0 Å². The van der Waals surface area contributed by atoms with Gasteiger partial charge in [-0.3, -0.25) is 4.57 Å². The van der Waals surface area contributed by atoms with Crippen molar-refractivity contribution in [2.75, 3.05) is 26.4 Å². The quantitative estimate of drug-likeness (QED) is 0.0228. The lowest BCUT2D eigenvalue weighted by atomic mass is 10.2. The molecule has 0 fully saturated rings. The summed E-state index contributed by atoms with van der Waals surface area (Å²) in [5, 5.41) is 21.4. The molecule has 0 saturated carbocycles. The van der Waals surface area contributed by atoms with Gasteiger partial charge in [-0.05, 0) is 162 Å². The summed E-state index contributed by atoms with van der Waals surface area (Å²) in [5.41, 5.74) is 1.17. The Morgan fingerprint density at radius 1 is 0.414 bits per heavy atom. The molecule has 5 rings (SSSR count). The van der Waals surface area contributed by atoms with E-state index < -0.39 is 59.1 Å². The lowest BCUT2D eigenvalue weighted by Crippen LogP contribution is -2.12. The number of carbonyl (C=O) groups is 6. The first-order valence-electron chi connectivity index (χ1n) is 22.4. The third-order valence-electron chi connectivity index (χ3n) is 10.2. The molecule has 0 atom stereocenters. The van der Waals surface area contributed by atoms with E-state index in [2.05, 4.69) is 13.2 Å². The average molecular weight is 962 g/mol. The van der Waals surface area contributed by atoms with E-state index in [1.54, 1.807) is 62.4 Å². The van der Waals surface area contributed by atoms with E-state index in [0.717, 1.165) is 55.9 Å². The lowest BCUT2D eigenvalue weighted by molar-refractivity contribution is -0.139. The zero-order valence-electron chi connectivity index (χ0n) is 39.2. The smallest absolute Gasteiger partial charge is 0.343 e. The predicted octanol–water partition coefficient (Wildman–Crippen LogP) is 9.43. The van der Waals surface area contributed by atoms with E-state index in [1.165, 1.54) is 55.6 Å². The Morgan fingerprint density at radius 3 is 0.986 bits per heavy atom. The summed E-state index contributed by atoms with van der Waals surface area (Å²) < 4.78 is 44.1. The first kappa shape index (κ1) is 52.6.